The number of piperazine rings is 1. The molecule has 1 aliphatic heterocycles. The molecule has 10 heteroatoms. The van der Waals surface area contributed by atoms with Crippen molar-refractivity contribution in [1.29, 1.82) is 0 Å². The van der Waals surface area contributed by atoms with Gasteiger partial charge in [-0.1, -0.05) is 35.0 Å². The minimum absolute atomic E-state index is 0.0580. The minimum atomic E-state index is -0.290. The Labute approximate surface area is 220 Å². The second kappa shape index (κ2) is 10.4. The summed E-state index contributed by atoms with van der Waals surface area (Å²) in [6, 6.07) is 13.4. The van der Waals surface area contributed by atoms with Crippen molar-refractivity contribution in [3.05, 3.63) is 70.3 Å². The molecule has 1 fully saturated rings. The van der Waals surface area contributed by atoms with Crippen molar-refractivity contribution < 1.29 is 9.32 Å². The molecule has 2 amide bonds. The Morgan fingerprint density at radius 2 is 2.05 bits per heavy atom. The zero-order chi connectivity index (χ0) is 26.1. The highest BCUT2D eigenvalue weighted by atomic mass is 35.5. The van der Waals surface area contributed by atoms with E-state index < -0.39 is 0 Å². The maximum atomic E-state index is 12.9. The van der Waals surface area contributed by atoms with E-state index in [0.717, 1.165) is 45.6 Å². The van der Waals surface area contributed by atoms with Crippen LogP contribution in [0.3, 0.4) is 0 Å². The fourth-order valence-corrected chi connectivity index (χ4v) is 4.95. The van der Waals surface area contributed by atoms with Crippen LogP contribution in [-0.4, -0.2) is 64.7 Å². The van der Waals surface area contributed by atoms with Crippen LogP contribution in [0.2, 0.25) is 5.02 Å². The van der Waals surface area contributed by atoms with Gasteiger partial charge in [0.2, 0.25) is 0 Å². The number of carbonyl (C=O) groups excluding carboxylic acids is 1. The van der Waals surface area contributed by atoms with Crippen molar-refractivity contribution in [2.24, 2.45) is 0 Å². The number of nitrogens with one attached hydrogen (secondary N) is 2. The number of carbonyl (C=O) groups is 1. The number of nitrogens with zero attached hydrogens (tertiary/aromatic N) is 5. The number of fused-ring (bicyclic) bond motifs is 1. The Bertz CT molecular complexity index is 1430. The Morgan fingerprint density at radius 3 is 2.78 bits per heavy atom. The highest BCUT2D eigenvalue weighted by molar-refractivity contribution is 6.30. The second-order valence-corrected chi connectivity index (χ2v) is 9.87. The van der Waals surface area contributed by atoms with Gasteiger partial charge in [0.05, 0.1) is 11.2 Å². The molecule has 0 radical (unpaired) electrons. The van der Waals surface area contributed by atoms with Crippen LogP contribution in [0.4, 0.5) is 10.6 Å². The lowest BCUT2D eigenvalue weighted by Crippen LogP contribution is -2.52. The van der Waals surface area contributed by atoms with Gasteiger partial charge >= 0.3 is 6.03 Å². The van der Waals surface area contributed by atoms with Crippen molar-refractivity contribution in [2.45, 2.75) is 26.4 Å². The fraction of sp³-hybridized carbons (Fsp3) is 0.333. The third kappa shape index (κ3) is 5.10. The average molecular weight is 520 g/mol. The highest BCUT2D eigenvalue weighted by Crippen LogP contribution is 2.33. The molecule has 2 aromatic carbocycles. The monoisotopic (exact) mass is 519 g/mol. The maximum absolute atomic E-state index is 12.9. The number of urea groups is 1. The van der Waals surface area contributed by atoms with Gasteiger partial charge < -0.3 is 25.0 Å². The zero-order valence-corrected chi connectivity index (χ0v) is 22.1. The van der Waals surface area contributed by atoms with Crippen LogP contribution in [0.1, 0.15) is 28.9 Å². The molecule has 2 aromatic heterocycles. The first-order chi connectivity index (χ1) is 17.8. The number of rotatable bonds is 5. The predicted molar refractivity (Wildman–Crippen MR) is 145 cm³/mol. The van der Waals surface area contributed by atoms with Gasteiger partial charge in [0.25, 0.3) is 0 Å². The normalized spacial score (nSPS) is 15.7. The molecular formula is C27H30ClN7O2. The fourth-order valence-electron chi connectivity index (χ4n) is 4.73. The van der Waals surface area contributed by atoms with Crippen molar-refractivity contribution in [3.8, 4) is 11.1 Å². The number of hydrogen-bond acceptors (Lipinski definition) is 7. The summed E-state index contributed by atoms with van der Waals surface area (Å²) in [5.74, 6) is 2.04. The summed E-state index contributed by atoms with van der Waals surface area (Å²) in [5, 5.41) is 12.5. The topological polar surface area (TPSA) is 99.4 Å². The molecule has 9 nitrogen and oxygen atoms in total. The maximum Gasteiger partial charge on any atom is 0.320 e. The summed E-state index contributed by atoms with van der Waals surface area (Å²) < 4.78 is 5.40. The first kappa shape index (κ1) is 25.0. The Kier molecular flexibility index (Phi) is 6.99. The Hall–Kier alpha value is -3.69. The van der Waals surface area contributed by atoms with Crippen molar-refractivity contribution >= 4 is 34.4 Å². The van der Waals surface area contributed by atoms with Crippen LogP contribution in [0.15, 0.2) is 47.0 Å². The van der Waals surface area contributed by atoms with E-state index in [9.17, 15) is 4.79 Å². The Balaban J connectivity index is 1.60. The molecule has 1 atom stereocenters. The lowest BCUT2D eigenvalue weighted by atomic mass is 10.0. The van der Waals surface area contributed by atoms with Crippen LogP contribution in [0.25, 0.3) is 22.0 Å². The molecular weight excluding hydrogens is 490 g/mol. The van der Waals surface area contributed by atoms with Crippen molar-refractivity contribution in [2.75, 3.05) is 39.0 Å². The number of anilines is 1. The Morgan fingerprint density at radius 1 is 1.22 bits per heavy atom. The standard InChI is InChI=1S/C27H30ClN7O2/c1-16-24(17(2)37-33-16)19-8-9-22-21(13-19)25(30-14-18-6-5-7-20(28)12-18)32-26(31-22)23-15-29-10-11-35(23)27(36)34(3)4/h5-9,12-13,23,29H,10-11,14-15H2,1-4H3,(H,30,31,32). The molecule has 5 rings (SSSR count). The molecule has 2 N–H and O–H groups in total. The lowest BCUT2D eigenvalue weighted by Gasteiger charge is -2.36. The van der Waals surface area contributed by atoms with Gasteiger partial charge in [0.15, 0.2) is 5.82 Å². The summed E-state index contributed by atoms with van der Waals surface area (Å²) in [5.41, 5.74) is 4.60. The van der Waals surface area contributed by atoms with E-state index in [-0.39, 0.29) is 12.1 Å². The first-order valence-electron chi connectivity index (χ1n) is 12.2. The number of halogens is 1. The number of aryl methyl sites for hydroxylation is 2. The number of amides is 2. The molecule has 37 heavy (non-hydrogen) atoms. The summed E-state index contributed by atoms with van der Waals surface area (Å²) in [4.78, 5) is 26.3. The van der Waals surface area contributed by atoms with Gasteiger partial charge in [0.1, 0.15) is 17.6 Å². The SMILES string of the molecule is Cc1noc(C)c1-c1ccc2nc(C3CNCCN3C(=O)N(C)C)nc(NCc3cccc(Cl)c3)c2c1. The highest BCUT2D eigenvalue weighted by Gasteiger charge is 2.31. The minimum Gasteiger partial charge on any atom is -0.365 e. The first-order valence-corrected chi connectivity index (χ1v) is 12.6. The van der Waals surface area contributed by atoms with Gasteiger partial charge in [-0.3, -0.25) is 0 Å². The summed E-state index contributed by atoms with van der Waals surface area (Å²) in [6.45, 7) is 6.26. The van der Waals surface area contributed by atoms with E-state index in [4.69, 9.17) is 26.1 Å². The number of hydrogen-bond donors (Lipinski definition) is 2. The number of benzene rings is 2. The number of aromatic nitrogens is 3. The van der Waals surface area contributed by atoms with Crippen LogP contribution < -0.4 is 10.6 Å². The van der Waals surface area contributed by atoms with Gasteiger partial charge in [-0.2, -0.15) is 0 Å². The van der Waals surface area contributed by atoms with Crippen LogP contribution in [0.5, 0.6) is 0 Å². The molecule has 0 bridgehead atoms. The molecule has 4 aromatic rings. The quantitative estimate of drug-likeness (QED) is 0.391. The molecule has 0 spiro atoms. The van der Waals surface area contributed by atoms with E-state index in [1.165, 1.54) is 0 Å². The van der Waals surface area contributed by atoms with Crippen molar-refractivity contribution in [3.63, 3.8) is 0 Å². The third-order valence-corrected chi connectivity index (χ3v) is 6.79. The van der Waals surface area contributed by atoms with E-state index >= 15 is 0 Å². The molecule has 3 heterocycles. The molecule has 192 valence electrons. The molecule has 1 aliphatic rings. The molecule has 0 aliphatic carbocycles. The van der Waals surface area contributed by atoms with Crippen LogP contribution >= 0.6 is 11.6 Å². The van der Waals surface area contributed by atoms with E-state index in [2.05, 4.69) is 21.9 Å². The summed E-state index contributed by atoms with van der Waals surface area (Å²) in [7, 11) is 3.52. The van der Waals surface area contributed by atoms with Gasteiger partial charge in [-0.25, -0.2) is 14.8 Å². The van der Waals surface area contributed by atoms with Gasteiger partial charge in [-0.15, -0.1) is 0 Å². The molecule has 1 saturated heterocycles. The summed E-state index contributed by atoms with van der Waals surface area (Å²) in [6.07, 6.45) is 0. The van der Waals surface area contributed by atoms with E-state index in [1.807, 2.05) is 55.1 Å². The van der Waals surface area contributed by atoms with Crippen molar-refractivity contribution in [1.82, 2.24) is 30.2 Å². The van der Waals surface area contributed by atoms with Crippen LogP contribution in [-0.2, 0) is 6.54 Å². The summed E-state index contributed by atoms with van der Waals surface area (Å²) >= 11 is 6.21. The van der Waals surface area contributed by atoms with Gasteiger partial charge in [0, 0.05) is 56.2 Å². The lowest BCUT2D eigenvalue weighted by molar-refractivity contribution is 0.132. The zero-order valence-electron chi connectivity index (χ0n) is 21.4. The van der Waals surface area contributed by atoms with E-state index in [0.29, 0.717) is 36.3 Å². The molecule has 0 saturated carbocycles. The van der Waals surface area contributed by atoms with E-state index in [1.54, 1.807) is 19.0 Å². The average Bonchev–Trinajstić information content (AvgIpc) is 3.24. The molecule has 1 unspecified atom stereocenters. The smallest absolute Gasteiger partial charge is 0.320 e. The third-order valence-electron chi connectivity index (χ3n) is 6.55. The van der Waals surface area contributed by atoms with Gasteiger partial charge in [-0.05, 0) is 49.2 Å². The van der Waals surface area contributed by atoms with Crippen LogP contribution in [0, 0.1) is 13.8 Å². The largest absolute Gasteiger partial charge is 0.365 e. The predicted octanol–water partition coefficient (Wildman–Crippen LogP) is 4.80. The second-order valence-electron chi connectivity index (χ2n) is 9.44.